The van der Waals surface area contributed by atoms with Crippen LogP contribution in [-0.4, -0.2) is 53.9 Å². The van der Waals surface area contributed by atoms with Gasteiger partial charge < -0.3 is 4.90 Å². The van der Waals surface area contributed by atoms with E-state index in [9.17, 15) is 26.4 Å². The molecule has 0 spiro atoms. The molecule has 0 radical (unpaired) electrons. The number of aryl methyl sites for hydroxylation is 1. The van der Waals surface area contributed by atoms with Gasteiger partial charge in [0.1, 0.15) is 0 Å². The zero-order valence-electron chi connectivity index (χ0n) is 15.4. The smallest absolute Gasteiger partial charge is 0.337 e. The first-order valence-electron chi connectivity index (χ1n) is 9.04. The first-order chi connectivity index (χ1) is 13.7. The van der Waals surface area contributed by atoms with E-state index in [2.05, 4.69) is 15.0 Å². The number of likely N-dealkylation sites (tertiary alicyclic amines) is 1. The molecule has 1 aliphatic heterocycles. The minimum atomic E-state index is -4.77. The Morgan fingerprint density at radius 3 is 2.55 bits per heavy atom. The van der Waals surface area contributed by atoms with Crippen molar-refractivity contribution in [1.29, 1.82) is 0 Å². The summed E-state index contributed by atoms with van der Waals surface area (Å²) in [5.41, 5.74) is -1.000. The van der Waals surface area contributed by atoms with E-state index in [4.69, 9.17) is 0 Å². The maximum absolute atomic E-state index is 13.0. The van der Waals surface area contributed by atoms with Crippen LogP contribution in [0.15, 0.2) is 35.4 Å². The maximum Gasteiger partial charge on any atom is 0.417 e. The minimum absolute atomic E-state index is 0.0935. The third-order valence-corrected chi connectivity index (χ3v) is 6.01. The molecule has 1 N–H and O–H groups in total. The van der Waals surface area contributed by atoms with Gasteiger partial charge in [-0.15, -0.1) is 5.10 Å². The van der Waals surface area contributed by atoms with Gasteiger partial charge in [0.05, 0.1) is 16.7 Å². The Bertz CT molecular complexity index is 969. The normalized spacial score (nSPS) is 15.1. The molecule has 8 nitrogen and oxygen atoms in total. The van der Waals surface area contributed by atoms with Gasteiger partial charge in [0.15, 0.2) is 5.69 Å². The number of halogens is 3. The fourth-order valence-electron chi connectivity index (χ4n) is 3.05. The average Bonchev–Trinajstić information content (AvgIpc) is 3.36. The number of carbonyl (C=O) groups is 1. The maximum atomic E-state index is 13.0. The molecule has 1 fully saturated rings. The van der Waals surface area contributed by atoms with Crippen LogP contribution in [0.5, 0.6) is 0 Å². The number of alkyl halides is 3. The molecule has 0 bridgehead atoms. The summed E-state index contributed by atoms with van der Waals surface area (Å²) in [4.78, 5) is 13.1. The van der Waals surface area contributed by atoms with E-state index < -0.39 is 26.7 Å². The number of rotatable bonds is 7. The van der Waals surface area contributed by atoms with Gasteiger partial charge in [-0.1, -0.05) is 17.3 Å². The zero-order valence-corrected chi connectivity index (χ0v) is 16.2. The van der Waals surface area contributed by atoms with Gasteiger partial charge in [-0.05, 0) is 31.4 Å². The molecule has 2 heterocycles. The lowest BCUT2D eigenvalue weighted by Crippen LogP contribution is -2.28. The predicted octanol–water partition coefficient (Wildman–Crippen LogP) is 1.90. The van der Waals surface area contributed by atoms with Gasteiger partial charge in [0.25, 0.3) is 5.91 Å². The number of hydrogen-bond donors (Lipinski definition) is 1. The Morgan fingerprint density at radius 2 is 1.86 bits per heavy atom. The third-order valence-electron chi connectivity index (χ3n) is 4.49. The lowest BCUT2D eigenvalue weighted by Gasteiger charge is -2.13. The molecule has 29 heavy (non-hydrogen) atoms. The molecule has 3 rings (SSSR count). The third kappa shape index (κ3) is 5.12. The quantitative estimate of drug-likeness (QED) is 0.676. The van der Waals surface area contributed by atoms with Crippen LogP contribution in [0.3, 0.4) is 0 Å². The van der Waals surface area contributed by atoms with Crippen molar-refractivity contribution in [2.24, 2.45) is 0 Å². The van der Waals surface area contributed by atoms with Crippen LogP contribution < -0.4 is 4.72 Å². The van der Waals surface area contributed by atoms with E-state index in [0.29, 0.717) is 13.1 Å². The standard InChI is InChI=1S/C17H20F3N5O3S/c18-17(19,20)13-6-1-2-7-15(13)29(27,28)21-8-5-11-25-12-14(22-23-25)16(26)24-9-3-4-10-24/h1-2,6-7,12,21H,3-5,8-11H2. The van der Waals surface area contributed by atoms with E-state index in [1.54, 1.807) is 4.90 Å². The van der Waals surface area contributed by atoms with Crippen LogP contribution in [0.4, 0.5) is 13.2 Å². The molecule has 1 aromatic carbocycles. The number of benzene rings is 1. The molecule has 1 aliphatic rings. The highest BCUT2D eigenvalue weighted by Gasteiger charge is 2.36. The molecular formula is C17H20F3N5O3S. The minimum Gasteiger partial charge on any atom is -0.337 e. The van der Waals surface area contributed by atoms with Crippen LogP contribution in [0, 0.1) is 0 Å². The summed E-state index contributed by atoms with van der Waals surface area (Å²) < 4.78 is 67.2. The Hall–Kier alpha value is -2.47. The number of sulfonamides is 1. The van der Waals surface area contributed by atoms with Crippen LogP contribution in [0.1, 0.15) is 35.3 Å². The first-order valence-corrected chi connectivity index (χ1v) is 10.5. The summed E-state index contributed by atoms with van der Waals surface area (Å²) in [6, 6.07) is 4.01. The molecule has 0 saturated carbocycles. The summed E-state index contributed by atoms with van der Waals surface area (Å²) in [7, 11) is -4.32. The monoisotopic (exact) mass is 431 g/mol. The van der Waals surface area contributed by atoms with E-state index in [1.807, 2.05) is 0 Å². The highest BCUT2D eigenvalue weighted by Crippen LogP contribution is 2.33. The second-order valence-corrected chi connectivity index (χ2v) is 8.35. The number of hydrogen-bond acceptors (Lipinski definition) is 5. The summed E-state index contributed by atoms with van der Waals surface area (Å²) in [5, 5.41) is 7.67. The van der Waals surface area contributed by atoms with Crippen molar-refractivity contribution >= 4 is 15.9 Å². The topological polar surface area (TPSA) is 97.2 Å². The largest absolute Gasteiger partial charge is 0.417 e. The Balaban J connectivity index is 1.55. The van der Waals surface area contributed by atoms with Crippen molar-refractivity contribution in [2.45, 2.75) is 36.9 Å². The fraction of sp³-hybridized carbons (Fsp3) is 0.471. The van der Waals surface area contributed by atoms with Gasteiger partial charge in [0, 0.05) is 26.2 Å². The summed E-state index contributed by atoms with van der Waals surface area (Å²) in [5.74, 6) is -0.196. The van der Waals surface area contributed by atoms with Crippen molar-refractivity contribution in [3.8, 4) is 0 Å². The summed E-state index contributed by atoms with van der Waals surface area (Å²) in [6.45, 7) is 1.53. The lowest BCUT2D eigenvalue weighted by atomic mass is 10.2. The molecule has 158 valence electrons. The second-order valence-electron chi connectivity index (χ2n) is 6.61. The van der Waals surface area contributed by atoms with Crippen molar-refractivity contribution < 1.29 is 26.4 Å². The van der Waals surface area contributed by atoms with Gasteiger partial charge >= 0.3 is 6.18 Å². The Kier molecular flexibility index (Phi) is 6.22. The highest BCUT2D eigenvalue weighted by molar-refractivity contribution is 7.89. The van der Waals surface area contributed by atoms with Gasteiger partial charge in [-0.2, -0.15) is 13.2 Å². The van der Waals surface area contributed by atoms with Crippen LogP contribution in [-0.2, 0) is 22.7 Å². The number of aromatic nitrogens is 3. The van der Waals surface area contributed by atoms with E-state index in [-0.39, 0.29) is 31.1 Å². The van der Waals surface area contributed by atoms with Crippen LogP contribution >= 0.6 is 0 Å². The molecule has 1 saturated heterocycles. The SMILES string of the molecule is O=C(c1cn(CCCNS(=O)(=O)c2ccccc2C(F)(F)F)nn1)N1CCCC1. The van der Waals surface area contributed by atoms with Crippen molar-refractivity contribution in [2.75, 3.05) is 19.6 Å². The molecule has 0 aliphatic carbocycles. The molecule has 1 aromatic heterocycles. The van der Waals surface area contributed by atoms with E-state index in [0.717, 1.165) is 31.0 Å². The second kappa shape index (κ2) is 8.49. The molecule has 12 heteroatoms. The van der Waals surface area contributed by atoms with Crippen molar-refractivity contribution in [3.63, 3.8) is 0 Å². The van der Waals surface area contributed by atoms with Crippen LogP contribution in [0.25, 0.3) is 0 Å². The Morgan fingerprint density at radius 1 is 1.17 bits per heavy atom. The molecule has 0 atom stereocenters. The highest BCUT2D eigenvalue weighted by atomic mass is 32.2. The number of nitrogens with one attached hydrogen (secondary N) is 1. The summed E-state index contributed by atoms with van der Waals surface area (Å²) >= 11 is 0. The lowest BCUT2D eigenvalue weighted by molar-refractivity contribution is -0.139. The predicted molar refractivity (Wildman–Crippen MR) is 96.4 cm³/mol. The zero-order chi connectivity index (χ0) is 21.1. The first kappa shape index (κ1) is 21.2. The number of amides is 1. The number of carbonyl (C=O) groups excluding carboxylic acids is 1. The molecule has 1 amide bonds. The van der Waals surface area contributed by atoms with E-state index >= 15 is 0 Å². The fourth-order valence-corrected chi connectivity index (χ4v) is 4.35. The van der Waals surface area contributed by atoms with Crippen molar-refractivity contribution in [1.82, 2.24) is 24.6 Å². The Labute approximate surface area is 165 Å². The summed E-state index contributed by atoms with van der Waals surface area (Å²) in [6.07, 6.45) is -1.12. The van der Waals surface area contributed by atoms with Gasteiger partial charge in [-0.3, -0.25) is 9.48 Å². The molecule has 0 unspecified atom stereocenters. The molecular weight excluding hydrogens is 411 g/mol. The number of nitrogens with zero attached hydrogens (tertiary/aromatic N) is 4. The van der Waals surface area contributed by atoms with Crippen molar-refractivity contribution in [3.05, 3.63) is 41.7 Å². The van der Waals surface area contributed by atoms with Gasteiger partial charge in [-0.25, -0.2) is 13.1 Å². The van der Waals surface area contributed by atoms with E-state index in [1.165, 1.54) is 16.9 Å². The molecule has 2 aromatic rings. The van der Waals surface area contributed by atoms with Crippen LogP contribution in [0.2, 0.25) is 0 Å². The van der Waals surface area contributed by atoms with Gasteiger partial charge in [0.2, 0.25) is 10.0 Å². The average molecular weight is 431 g/mol.